The van der Waals surface area contributed by atoms with E-state index in [4.69, 9.17) is 5.26 Å². The van der Waals surface area contributed by atoms with Crippen LogP contribution in [0.3, 0.4) is 0 Å². The van der Waals surface area contributed by atoms with E-state index in [0.717, 1.165) is 37.1 Å². The summed E-state index contributed by atoms with van der Waals surface area (Å²) >= 11 is 0. The van der Waals surface area contributed by atoms with Crippen molar-refractivity contribution >= 4 is 5.91 Å². The summed E-state index contributed by atoms with van der Waals surface area (Å²) in [6.07, 6.45) is 3.35. The van der Waals surface area contributed by atoms with Crippen LogP contribution in [0.2, 0.25) is 0 Å². The smallest absolute Gasteiger partial charge is 0.251 e. The number of hydrogen-bond acceptors (Lipinski definition) is 4. The zero-order valence-electron chi connectivity index (χ0n) is 15.4. The number of nitrogens with one attached hydrogen (secondary N) is 1. The summed E-state index contributed by atoms with van der Waals surface area (Å²) in [6.45, 7) is 2.51. The van der Waals surface area contributed by atoms with Gasteiger partial charge >= 0.3 is 0 Å². The van der Waals surface area contributed by atoms with E-state index in [1.807, 2.05) is 36.4 Å². The molecule has 3 rings (SSSR count). The van der Waals surface area contributed by atoms with Crippen molar-refractivity contribution in [1.29, 1.82) is 5.26 Å². The molecule has 27 heavy (non-hydrogen) atoms. The van der Waals surface area contributed by atoms with E-state index >= 15 is 0 Å². The third kappa shape index (κ3) is 4.94. The number of likely N-dealkylation sites (tertiary alicyclic amines) is 1. The molecule has 1 aliphatic heterocycles. The second kappa shape index (κ2) is 9.31. The van der Waals surface area contributed by atoms with Gasteiger partial charge < -0.3 is 10.4 Å². The van der Waals surface area contributed by atoms with E-state index in [9.17, 15) is 9.90 Å². The molecule has 5 nitrogen and oxygen atoms in total. The Kier molecular flexibility index (Phi) is 6.59. The lowest BCUT2D eigenvalue weighted by molar-refractivity contribution is 0.0849. The summed E-state index contributed by atoms with van der Waals surface area (Å²) < 4.78 is 0. The number of amides is 1. The zero-order chi connectivity index (χ0) is 19.1. The molecule has 2 aromatic rings. The highest BCUT2D eigenvalue weighted by Crippen LogP contribution is 2.20. The minimum atomic E-state index is -0.0843. The zero-order valence-corrected chi connectivity index (χ0v) is 15.4. The fourth-order valence-electron chi connectivity index (χ4n) is 3.53. The number of nitriles is 1. The van der Waals surface area contributed by atoms with Gasteiger partial charge in [0.1, 0.15) is 0 Å². The second-order valence-electron chi connectivity index (χ2n) is 6.89. The Morgan fingerprint density at radius 3 is 2.41 bits per heavy atom. The van der Waals surface area contributed by atoms with Gasteiger partial charge in [0.15, 0.2) is 0 Å². The van der Waals surface area contributed by atoms with Gasteiger partial charge in [-0.25, -0.2) is 0 Å². The Morgan fingerprint density at radius 2 is 1.78 bits per heavy atom. The molecule has 1 aliphatic rings. The summed E-state index contributed by atoms with van der Waals surface area (Å²) in [4.78, 5) is 14.6. The number of benzene rings is 2. The van der Waals surface area contributed by atoms with E-state index in [2.05, 4.69) is 16.3 Å². The first-order chi connectivity index (χ1) is 13.2. The van der Waals surface area contributed by atoms with Gasteiger partial charge in [-0.15, -0.1) is 0 Å². The predicted molar refractivity (Wildman–Crippen MR) is 105 cm³/mol. The molecule has 1 amide bonds. The average Bonchev–Trinajstić information content (AvgIpc) is 2.74. The molecule has 0 bridgehead atoms. The first-order valence-corrected chi connectivity index (χ1v) is 9.45. The number of carbonyl (C=O) groups excluding carboxylic acids is 1. The Balaban J connectivity index is 1.53. The quantitative estimate of drug-likeness (QED) is 0.827. The van der Waals surface area contributed by atoms with E-state index in [0.29, 0.717) is 17.7 Å². The molecule has 0 aromatic heterocycles. The number of aliphatic hydroxyl groups is 1. The highest BCUT2D eigenvalue weighted by atomic mass is 16.3. The summed E-state index contributed by atoms with van der Waals surface area (Å²) in [6, 6.07) is 17.2. The van der Waals surface area contributed by atoms with Crippen LogP contribution in [0.5, 0.6) is 0 Å². The maximum Gasteiger partial charge on any atom is 0.251 e. The lowest BCUT2D eigenvalue weighted by Gasteiger charge is -2.34. The van der Waals surface area contributed by atoms with Crippen molar-refractivity contribution in [3.63, 3.8) is 0 Å². The Hall–Kier alpha value is -2.68. The van der Waals surface area contributed by atoms with Crippen LogP contribution < -0.4 is 5.32 Å². The van der Waals surface area contributed by atoms with Crippen molar-refractivity contribution in [2.24, 2.45) is 0 Å². The van der Waals surface area contributed by atoms with E-state index in [1.165, 1.54) is 6.42 Å². The van der Waals surface area contributed by atoms with Crippen LogP contribution in [0.15, 0.2) is 48.5 Å². The van der Waals surface area contributed by atoms with Gasteiger partial charge in [0.2, 0.25) is 0 Å². The summed E-state index contributed by atoms with van der Waals surface area (Å²) in [7, 11) is 0. The second-order valence-corrected chi connectivity index (χ2v) is 6.89. The third-order valence-electron chi connectivity index (χ3n) is 5.14. The number of piperidine rings is 1. The Morgan fingerprint density at radius 1 is 1.11 bits per heavy atom. The van der Waals surface area contributed by atoms with Crippen molar-refractivity contribution in [2.75, 3.05) is 26.2 Å². The molecule has 0 spiro atoms. The number of carbonyl (C=O) groups is 1. The fraction of sp³-hybridized carbons (Fsp3) is 0.364. The van der Waals surface area contributed by atoms with E-state index < -0.39 is 0 Å². The summed E-state index contributed by atoms with van der Waals surface area (Å²) in [5, 5.41) is 21.3. The molecule has 1 fully saturated rings. The van der Waals surface area contributed by atoms with Gasteiger partial charge in [0.25, 0.3) is 5.91 Å². The minimum absolute atomic E-state index is 0.0843. The topological polar surface area (TPSA) is 76.4 Å². The van der Waals surface area contributed by atoms with Gasteiger partial charge in [0.05, 0.1) is 18.2 Å². The number of aliphatic hydroxyl groups excluding tert-OH is 1. The number of hydrogen-bond donors (Lipinski definition) is 2. The van der Waals surface area contributed by atoms with Crippen molar-refractivity contribution < 1.29 is 9.90 Å². The van der Waals surface area contributed by atoms with Gasteiger partial charge in [-0.1, -0.05) is 30.7 Å². The van der Waals surface area contributed by atoms with Gasteiger partial charge in [0, 0.05) is 24.7 Å². The van der Waals surface area contributed by atoms with Crippen LogP contribution >= 0.6 is 0 Å². The van der Waals surface area contributed by atoms with Crippen LogP contribution in [0, 0.1) is 11.3 Å². The van der Waals surface area contributed by atoms with Gasteiger partial charge in [-0.3, -0.25) is 9.69 Å². The van der Waals surface area contributed by atoms with E-state index in [1.54, 1.807) is 12.1 Å². The molecular weight excluding hydrogens is 338 g/mol. The monoisotopic (exact) mass is 363 g/mol. The number of nitrogens with zero attached hydrogens (tertiary/aromatic N) is 2. The molecular formula is C22H25N3O2. The highest BCUT2D eigenvalue weighted by Gasteiger charge is 2.21. The molecule has 0 saturated carbocycles. The fourth-order valence-corrected chi connectivity index (χ4v) is 3.53. The van der Waals surface area contributed by atoms with Crippen molar-refractivity contribution in [3.05, 3.63) is 59.7 Å². The average molecular weight is 363 g/mol. The van der Waals surface area contributed by atoms with Crippen molar-refractivity contribution in [1.82, 2.24) is 10.2 Å². The molecule has 1 heterocycles. The first kappa shape index (κ1) is 19.1. The van der Waals surface area contributed by atoms with Gasteiger partial charge in [-0.2, -0.15) is 5.26 Å². The standard InChI is InChI=1S/C22H25N3O2/c23-15-17-4-6-18(7-5-17)19-8-10-20(11-9-19)22(27)24-12-14-25-13-2-1-3-21(25)16-26/h4-11,21,26H,1-3,12-14,16H2,(H,24,27). The lowest BCUT2D eigenvalue weighted by atomic mass is 10.0. The molecule has 1 atom stereocenters. The molecule has 2 N–H and O–H groups in total. The molecule has 140 valence electrons. The third-order valence-corrected chi connectivity index (χ3v) is 5.14. The SMILES string of the molecule is N#Cc1ccc(-c2ccc(C(=O)NCCN3CCCCC3CO)cc2)cc1. The van der Waals surface area contributed by atoms with Gasteiger partial charge in [-0.05, 0) is 54.8 Å². The van der Waals surface area contributed by atoms with Crippen molar-refractivity contribution in [3.8, 4) is 17.2 Å². The highest BCUT2D eigenvalue weighted by molar-refractivity contribution is 5.94. The molecule has 0 radical (unpaired) electrons. The molecule has 1 unspecified atom stereocenters. The van der Waals surface area contributed by atoms with E-state index in [-0.39, 0.29) is 18.6 Å². The minimum Gasteiger partial charge on any atom is -0.395 e. The Labute approximate surface area is 160 Å². The molecule has 5 heteroatoms. The first-order valence-electron chi connectivity index (χ1n) is 9.45. The normalized spacial score (nSPS) is 17.3. The van der Waals surface area contributed by atoms with Crippen LogP contribution in [0.25, 0.3) is 11.1 Å². The van der Waals surface area contributed by atoms with Crippen molar-refractivity contribution in [2.45, 2.75) is 25.3 Å². The maximum atomic E-state index is 12.4. The summed E-state index contributed by atoms with van der Waals surface area (Å²) in [5.41, 5.74) is 3.29. The maximum absolute atomic E-state index is 12.4. The molecule has 2 aromatic carbocycles. The van der Waals surface area contributed by atoms with Crippen LogP contribution in [-0.2, 0) is 0 Å². The predicted octanol–water partition coefficient (Wildman–Crippen LogP) is 2.80. The van der Waals surface area contributed by atoms with Crippen LogP contribution in [0.4, 0.5) is 0 Å². The number of rotatable bonds is 6. The largest absolute Gasteiger partial charge is 0.395 e. The molecule has 1 saturated heterocycles. The summed E-state index contributed by atoms with van der Waals surface area (Å²) in [5.74, 6) is -0.0843. The Bertz CT molecular complexity index is 794. The molecule has 0 aliphatic carbocycles. The van der Waals surface area contributed by atoms with Crippen LogP contribution in [-0.4, -0.2) is 48.2 Å². The lowest BCUT2D eigenvalue weighted by Crippen LogP contribution is -2.45. The van der Waals surface area contributed by atoms with Crippen LogP contribution in [0.1, 0.15) is 35.2 Å².